The smallest absolute Gasteiger partial charge is 0.163 e. The molecular formula is C19H22BrN7. The maximum atomic E-state index is 6.09. The molecular weight excluding hydrogens is 406 g/mol. The van der Waals surface area contributed by atoms with Gasteiger partial charge in [-0.05, 0) is 48.0 Å². The second-order valence-electron chi connectivity index (χ2n) is 7.52. The highest BCUT2D eigenvalue weighted by Crippen LogP contribution is 2.36. The number of likely N-dealkylation sites (N-methyl/N-ethyl adjacent to an activating group) is 1. The molecule has 2 aliphatic heterocycles. The summed E-state index contributed by atoms with van der Waals surface area (Å²) in [6.45, 7) is 2.12. The van der Waals surface area contributed by atoms with Crippen molar-refractivity contribution in [3.8, 4) is 11.5 Å². The number of nitrogen functional groups attached to an aromatic ring is 1. The molecule has 2 aromatic heterocycles. The van der Waals surface area contributed by atoms with Crippen molar-refractivity contribution in [2.75, 3.05) is 30.8 Å². The SMILES string of the molecule is CN1C2CCC1CN(c1cccc3nc(-c4nc(Br)cnc4N)n(C)c13)C2. The largest absolute Gasteiger partial charge is 0.382 e. The van der Waals surface area contributed by atoms with E-state index in [-0.39, 0.29) is 0 Å². The summed E-state index contributed by atoms with van der Waals surface area (Å²) in [4.78, 5) is 18.6. The van der Waals surface area contributed by atoms with Crippen LogP contribution in [0.25, 0.3) is 22.6 Å². The number of imidazole rings is 1. The van der Waals surface area contributed by atoms with E-state index < -0.39 is 0 Å². The molecule has 0 radical (unpaired) electrons. The van der Waals surface area contributed by atoms with Gasteiger partial charge in [0.15, 0.2) is 11.6 Å². The number of rotatable bonds is 2. The summed E-state index contributed by atoms with van der Waals surface area (Å²) in [7, 11) is 4.29. The van der Waals surface area contributed by atoms with Crippen molar-refractivity contribution in [3.05, 3.63) is 29.0 Å². The molecule has 2 unspecified atom stereocenters. The van der Waals surface area contributed by atoms with Crippen LogP contribution in [0.4, 0.5) is 11.5 Å². The molecule has 8 heteroatoms. The number of nitrogens with zero attached hydrogens (tertiary/aromatic N) is 6. The first-order valence-electron chi connectivity index (χ1n) is 9.23. The molecule has 140 valence electrons. The molecule has 0 amide bonds. The summed E-state index contributed by atoms with van der Waals surface area (Å²) in [6, 6.07) is 7.62. The number of para-hydroxylation sites is 1. The molecule has 27 heavy (non-hydrogen) atoms. The van der Waals surface area contributed by atoms with E-state index in [1.54, 1.807) is 6.20 Å². The first-order chi connectivity index (χ1) is 13.0. The van der Waals surface area contributed by atoms with Gasteiger partial charge in [0.05, 0.1) is 22.9 Å². The number of piperazine rings is 1. The van der Waals surface area contributed by atoms with E-state index in [4.69, 9.17) is 10.7 Å². The number of hydrogen-bond donors (Lipinski definition) is 1. The highest BCUT2D eigenvalue weighted by molar-refractivity contribution is 9.10. The second-order valence-corrected chi connectivity index (χ2v) is 8.33. The van der Waals surface area contributed by atoms with Gasteiger partial charge in [-0.15, -0.1) is 0 Å². The van der Waals surface area contributed by atoms with Crippen LogP contribution in [0.3, 0.4) is 0 Å². The van der Waals surface area contributed by atoms with E-state index in [9.17, 15) is 0 Å². The van der Waals surface area contributed by atoms with Crippen molar-refractivity contribution in [2.24, 2.45) is 7.05 Å². The Bertz CT molecular complexity index is 1020. The molecule has 2 fully saturated rings. The van der Waals surface area contributed by atoms with Crippen molar-refractivity contribution in [1.82, 2.24) is 24.4 Å². The van der Waals surface area contributed by atoms with E-state index in [2.05, 4.69) is 65.5 Å². The predicted octanol–water partition coefficient (Wildman–Crippen LogP) is 2.66. The van der Waals surface area contributed by atoms with Gasteiger partial charge in [-0.2, -0.15) is 0 Å². The average Bonchev–Trinajstić information content (AvgIpc) is 3.07. The molecule has 0 spiro atoms. The quantitative estimate of drug-likeness (QED) is 0.677. The minimum Gasteiger partial charge on any atom is -0.382 e. The van der Waals surface area contributed by atoms with Crippen LogP contribution in [0.5, 0.6) is 0 Å². The Morgan fingerprint density at radius 2 is 1.85 bits per heavy atom. The van der Waals surface area contributed by atoms with Gasteiger partial charge in [0, 0.05) is 32.2 Å². The van der Waals surface area contributed by atoms with Crippen molar-refractivity contribution in [3.63, 3.8) is 0 Å². The fraction of sp³-hybridized carbons (Fsp3) is 0.421. The predicted molar refractivity (Wildman–Crippen MR) is 111 cm³/mol. The summed E-state index contributed by atoms with van der Waals surface area (Å²) >= 11 is 3.39. The third-order valence-corrected chi connectivity index (χ3v) is 6.43. The van der Waals surface area contributed by atoms with Crippen LogP contribution in [0.2, 0.25) is 0 Å². The number of benzene rings is 1. The topological polar surface area (TPSA) is 76.1 Å². The molecule has 2 N–H and O–H groups in total. The Morgan fingerprint density at radius 1 is 1.11 bits per heavy atom. The van der Waals surface area contributed by atoms with Gasteiger partial charge in [-0.25, -0.2) is 15.0 Å². The molecule has 3 aromatic rings. The van der Waals surface area contributed by atoms with Gasteiger partial charge in [-0.1, -0.05) is 6.07 Å². The van der Waals surface area contributed by atoms with E-state index >= 15 is 0 Å². The third kappa shape index (κ3) is 2.62. The van der Waals surface area contributed by atoms with Crippen LogP contribution in [0, 0.1) is 0 Å². The van der Waals surface area contributed by atoms with Crippen LogP contribution < -0.4 is 10.6 Å². The van der Waals surface area contributed by atoms with Gasteiger partial charge in [0.1, 0.15) is 10.3 Å². The molecule has 0 aliphatic carbocycles. The molecule has 2 atom stereocenters. The van der Waals surface area contributed by atoms with Gasteiger partial charge < -0.3 is 15.2 Å². The van der Waals surface area contributed by atoms with E-state index in [1.807, 2.05) is 7.05 Å². The van der Waals surface area contributed by atoms with Gasteiger partial charge in [0.25, 0.3) is 0 Å². The summed E-state index contributed by atoms with van der Waals surface area (Å²) in [5.41, 5.74) is 10.0. The lowest BCUT2D eigenvalue weighted by atomic mass is 10.1. The monoisotopic (exact) mass is 427 g/mol. The number of anilines is 2. The van der Waals surface area contributed by atoms with E-state index in [0.717, 1.165) is 29.9 Å². The van der Waals surface area contributed by atoms with Crippen molar-refractivity contribution in [1.29, 1.82) is 0 Å². The standard InChI is InChI=1S/C19H22BrN7/c1-25-11-6-7-12(25)10-27(9-11)14-5-3-4-13-17(14)26(2)19(23-13)16-18(21)22-8-15(20)24-16/h3-5,8,11-12H,6-7,9-10H2,1-2H3,(H2,21,22). The first kappa shape index (κ1) is 16.9. The zero-order valence-corrected chi connectivity index (χ0v) is 17.0. The number of halogens is 1. The zero-order valence-electron chi connectivity index (χ0n) is 15.4. The number of aryl methyl sites for hydroxylation is 1. The Morgan fingerprint density at radius 3 is 2.59 bits per heavy atom. The number of aromatic nitrogens is 4. The minimum absolute atomic E-state index is 0.385. The summed E-state index contributed by atoms with van der Waals surface area (Å²) < 4.78 is 2.74. The molecule has 2 saturated heterocycles. The highest BCUT2D eigenvalue weighted by atomic mass is 79.9. The summed E-state index contributed by atoms with van der Waals surface area (Å²) in [6.07, 6.45) is 4.18. The van der Waals surface area contributed by atoms with Gasteiger partial charge >= 0.3 is 0 Å². The summed E-state index contributed by atoms with van der Waals surface area (Å²) in [5, 5.41) is 0. The summed E-state index contributed by atoms with van der Waals surface area (Å²) in [5.74, 6) is 1.12. The van der Waals surface area contributed by atoms with E-state index in [0.29, 0.717) is 28.2 Å². The van der Waals surface area contributed by atoms with Crippen LogP contribution in [-0.2, 0) is 7.05 Å². The number of nitrogens with two attached hydrogens (primary N) is 1. The Balaban J connectivity index is 1.63. The number of fused-ring (bicyclic) bond motifs is 3. The maximum Gasteiger partial charge on any atom is 0.163 e. The fourth-order valence-electron chi connectivity index (χ4n) is 4.57. The van der Waals surface area contributed by atoms with Gasteiger partial charge in [-0.3, -0.25) is 4.90 Å². The van der Waals surface area contributed by atoms with Crippen molar-refractivity contribution >= 4 is 38.5 Å². The lowest BCUT2D eigenvalue weighted by Crippen LogP contribution is -2.52. The molecule has 4 heterocycles. The lowest BCUT2D eigenvalue weighted by molar-refractivity contribution is 0.212. The zero-order chi connectivity index (χ0) is 18.7. The van der Waals surface area contributed by atoms with Gasteiger partial charge in [0.2, 0.25) is 0 Å². The first-order valence-corrected chi connectivity index (χ1v) is 10.0. The second kappa shape index (κ2) is 6.17. The fourth-order valence-corrected chi connectivity index (χ4v) is 4.85. The molecule has 2 aliphatic rings. The van der Waals surface area contributed by atoms with Crippen molar-refractivity contribution in [2.45, 2.75) is 24.9 Å². The third-order valence-electron chi connectivity index (χ3n) is 6.04. The molecule has 2 bridgehead atoms. The Kier molecular flexibility index (Phi) is 3.87. The van der Waals surface area contributed by atoms with E-state index in [1.165, 1.54) is 18.5 Å². The Hall–Kier alpha value is -2.19. The van der Waals surface area contributed by atoms with Crippen LogP contribution in [0.1, 0.15) is 12.8 Å². The Labute approximate surface area is 166 Å². The number of hydrogen-bond acceptors (Lipinski definition) is 6. The molecule has 0 saturated carbocycles. The lowest BCUT2D eigenvalue weighted by Gasteiger charge is -2.40. The van der Waals surface area contributed by atoms with Crippen LogP contribution in [0.15, 0.2) is 29.0 Å². The molecule has 1 aromatic carbocycles. The average molecular weight is 428 g/mol. The minimum atomic E-state index is 0.385. The molecule has 7 nitrogen and oxygen atoms in total. The van der Waals surface area contributed by atoms with Crippen LogP contribution >= 0.6 is 15.9 Å². The van der Waals surface area contributed by atoms with Crippen LogP contribution in [-0.4, -0.2) is 56.6 Å². The molecule has 5 rings (SSSR count). The van der Waals surface area contributed by atoms with Crippen molar-refractivity contribution < 1.29 is 0 Å². The maximum absolute atomic E-state index is 6.09. The highest BCUT2D eigenvalue weighted by Gasteiger charge is 2.38. The normalized spacial score (nSPS) is 22.7.